The standard InChI is InChI=1S/C17H21N3O3S/c1-11-9-12(2)16(13(3)10-11)24(22,23)20-15-7-5-14(6-8-15)19-17(21)18-4/h5-10,20H,1-4H3,(H2,18,19,21). The molecule has 7 heteroatoms. The van der Waals surface area contributed by atoms with Gasteiger partial charge in [0.15, 0.2) is 0 Å². The van der Waals surface area contributed by atoms with E-state index in [4.69, 9.17) is 0 Å². The van der Waals surface area contributed by atoms with Crippen molar-refractivity contribution < 1.29 is 13.2 Å². The van der Waals surface area contributed by atoms with Crippen LogP contribution in [0, 0.1) is 20.8 Å². The fourth-order valence-electron chi connectivity index (χ4n) is 2.61. The third-order valence-corrected chi connectivity index (χ3v) is 5.18. The minimum atomic E-state index is -3.68. The lowest BCUT2D eigenvalue weighted by atomic mass is 10.1. The van der Waals surface area contributed by atoms with Gasteiger partial charge in [-0.2, -0.15) is 0 Å². The summed E-state index contributed by atoms with van der Waals surface area (Å²) in [6.45, 7) is 5.50. The molecule has 2 aromatic rings. The summed E-state index contributed by atoms with van der Waals surface area (Å²) >= 11 is 0. The molecule has 2 amide bonds. The van der Waals surface area contributed by atoms with E-state index in [0.29, 0.717) is 27.4 Å². The molecule has 0 saturated heterocycles. The Hall–Kier alpha value is -2.54. The Morgan fingerprint density at radius 3 is 1.92 bits per heavy atom. The van der Waals surface area contributed by atoms with E-state index < -0.39 is 10.0 Å². The van der Waals surface area contributed by atoms with Crippen LogP contribution in [-0.2, 0) is 10.0 Å². The van der Waals surface area contributed by atoms with Gasteiger partial charge < -0.3 is 10.6 Å². The molecule has 24 heavy (non-hydrogen) atoms. The van der Waals surface area contributed by atoms with Crippen LogP contribution >= 0.6 is 0 Å². The van der Waals surface area contributed by atoms with Gasteiger partial charge in [0.1, 0.15) is 0 Å². The first-order valence-electron chi connectivity index (χ1n) is 7.42. The van der Waals surface area contributed by atoms with Crippen LogP contribution in [0.2, 0.25) is 0 Å². The van der Waals surface area contributed by atoms with Gasteiger partial charge in [-0.05, 0) is 56.2 Å². The van der Waals surface area contributed by atoms with Crippen molar-refractivity contribution in [2.45, 2.75) is 25.7 Å². The van der Waals surface area contributed by atoms with Gasteiger partial charge in [0.05, 0.1) is 4.90 Å². The van der Waals surface area contributed by atoms with Crippen molar-refractivity contribution in [1.29, 1.82) is 0 Å². The quantitative estimate of drug-likeness (QED) is 0.794. The number of amides is 2. The molecular formula is C17H21N3O3S. The normalized spacial score (nSPS) is 11.0. The zero-order valence-corrected chi connectivity index (χ0v) is 14.9. The van der Waals surface area contributed by atoms with E-state index >= 15 is 0 Å². The Morgan fingerprint density at radius 2 is 1.42 bits per heavy atom. The van der Waals surface area contributed by atoms with Crippen molar-refractivity contribution in [3.63, 3.8) is 0 Å². The summed E-state index contributed by atoms with van der Waals surface area (Å²) in [5, 5.41) is 5.05. The lowest BCUT2D eigenvalue weighted by Crippen LogP contribution is -2.24. The first-order valence-corrected chi connectivity index (χ1v) is 8.90. The number of carbonyl (C=O) groups is 1. The van der Waals surface area contributed by atoms with Crippen LogP contribution in [0.4, 0.5) is 16.2 Å². The van der Waals surface area contributed by atoms with Crippen molar-refractivity contribution in [2.75, 3.05) is 17.1 Å². The monoisotopic (exact) mass is 347 g/mol. The number of sulfonamides is 1. The molecule has 3 N–H and O–H groups in total. The molecule has 2 aromatic carbocycles. The van der Waals surface area contributed by atoms with Crippen LogP contribution < -0.4 is 15.4 Å². The minimum Gasteiger partial charge on any atom is -0.341 e. The number of hydrogen-bond acceptors (Lipinski definition) is 3. The van der Waals surface area contributed by atoms with E-state index in [-0.39, 0.29) is 6.03 Å². The molecule has 128 valence electrons. The Bertz CT molecular complexity index is 836. The molecule has 0 bridgehead atoms. The Balaban J connectivity index is 2.25. The van der Waals surface area contributed by atoms with Gasteiger partial charge in [0.2, 0.25) is 0 Å². The molecular weight excluding hydrogens is 326 g/mol. The first-order chi connectivity index (χ1) is 11.2. The molecule has 0 atom stereocenters. The lowest BCUT2D eigenvalue weighted by Gasteiger charge is -2.14. The smallest absolute Gasteiger partial charge is 0.318 e. The Kier molecular flexibility index (Phi) is 5.14. The molecule has 0 aromatic heterocycles. The lowest BCUT2D eigenvalue weighted by molar-refractivity contribution is 0.254. The second-order valence-electron chi connectivity index (χ2n) is 5.61. The fourth-order valence-corrected chi connectivity index (χ4v) is 4.13. The van der Waals surface area contributed by atoms with Crippen molar-refractivity contribution in [1.82, 2.24) is 5.32 Å². The summed E-state index contributed by atoms with van der Waals surface area (Å²) in [5.74, 6) is 0. The van der Waals surface area contributed by atoms with E-state index in [1.807, 2.05) is 19.1 Å². The summed E-state index contributed by atoms with van der Waals surface area (Å²) in [7, 11) is -2.16. The number of hydrogen-bond donors (Lipinski definition) is 3. The Morgan fingerprint density at radius 1 is 0.917 bits per heavy atom. The summed E-state index contributed by atoms with van der Waals surface area (Å²) in [6.07, 6.45) is 0. The second kappa shape index (κ2) is 6.92. The zero-order valence-electron chi connectivity index (χ0n) is 14.1. The predicted octanol–water partition coefficient (Wildman–Crippen LogP) is 3.16. The maximum Gasteiger partial charge on any atom is 0.318 e. The van der Waals surface area contributed by atoms with Crippen LogP contribution in [0.15, 0.2) is 41.3 Å². The van der Waals surface area contributed by atoms with Gasteiger partial charge in [-0.3, -0.25) is 4.72 Å². The average molecular weight is 347 g/mol. The minimum absolute atomic E-state index is 0.292. The molecule has 0 aliphatic rings. The van der Waals surface area contributed by atoms with Gasteiger partial charge in [-0.15, -0.1) is 0 Å². The van der Waals surface area contributed by atoms with Crippen LogP contribution in [-0.4, -0.2) is 21.5 Å². The zero-order chi connectivity index (χ0) is 17.9. The average Bonchev–Trinajstić information content (AvgIpc) is 2.47. The molecule has 6 nitrogen and oxygen atoms in total. The molecule has 0 fully saturated rings. The largest absolute Gasteiger partial charge is 0.341 e. The number of aryl methyl sites for hydroxylation is 3. The topological polar surface area (TPSA) is 87.3 Å². The van der Waals surface area contributed by atoms with E-state index in [1.165, 1.54) is 7.05 Å². The maximum absolute atomic E-state index is 12.7. The van der Waals surface area contributed by atoms with Gasteiger partial charge in [-0.25, -0.2) is 13.2 Å². The van der Waals surface area contributed by atoms with Crippen LogP contribution in [0.3, 0.4) is 0 Å². The van der Waals surface area contributed by atoms with Gasteiger partial charge in [0, 0.05) is 18.4 Å². The van der Waals surface area contributed by atoms with Crippen molar-refractivity contribution in [3.05, 3.63) is 53.1 Å². The second-order valence-corrected chi connectivity index (χ2v) is 7.23. The van der Waals surface area contributed by atoms with E-state index in [1.54, 1.807) is 38.1 Å². The molecule has 0 saturated carbocycles. The molecule has 0 unspecified atom stereocenters. The molecule has 0 aliphatic heterocycles. The van der Waals surface area contributed by atoms with Crippen molar-refractivity contribution >= 4 is 27.4 Å². The number of carbonyl (C=O) groups excluding carboxylic acids is 1. The molecule has 2 rings (SSSR count). The third-order valence-electron chi connectivity index (χ3n) is 3.50. The van der Waals surface area contributed by atoms with E-state index in [9.17, 15) is 13.2 Å². The maximum atomic E-state index is 12.7. The van der Waals surface area contributed by atoms with Crippen LogP contribution in [0.1, 0.15) is 16.7 Å². The predicted molar refractivity (Wildman–Crippen MR) is 96.0 cm³/mol. The van der Waals surface area contributed by atoms with Crippen molar-refractivity contribution in [2.24, 2.45) is 0 Å². The highest BCUT2D eigenvalue weighted by Crippen LogP contribution is 2.24. The number of rotatable bonds is 4. The number of anilines is 2. The SMILES string of the molecule is CNC(=O)Nc1ccc(NS(=O)(=O)c2c(C)cc(C)cc2C)cc1. The van der Waals surface area contributed by atoms with Crippen LogP contribution in [0.5, 0.6) is 0 Å². The summed E-state index contributed by atoms with van der Waals surface area (Å²) in [4.78, 5) is 11.5. The van der Waals surface area contributed by atoms with Gasteiger partial charge >= 0.3 is 6.03 Å². The van der Waals surface area contributed by atoms with Crippen molar-refractivity contribution in [3.8, 4) is 0 Å². The number of nitrogens with one attached hydrogen (secondary N) is 3. The molecule has 0 aliphatic carbocycles. The molecule has 0 spiro atoms. The highest BCUT2D eigenvalue weighted by Gasteiger charge is 2.20. The van der Waals surface area contributed by atoms with Gasteiger partial charge in [-0.1, -0.05) is 17.7 Å². The highest BCUT2D eigenvalue weighted by molar-refractivity contribution is 7.92. The summed E-state index contributed by atoms with van der Waals surface area (Å²) < 4.78 is 27.9. The first kappa shape index (κ1) is 17.8. The fraction of sp³-hybridized carbons (Fsp3) is 0.235. The number of urea groups is 1. The highest BCUT2D eigenvalue weighted by atomic mass is 32.2. The summed E-state index contributed by atoms with van der Waals surface area (Å²) in [6, 6.07) is 9.80. The number of benzene rings is 2. The molecule has 0 radical (unpaired) electrons. The summed E-state index contributed by atoms with van der Waals surface area (Å²) in [5.41, 5.74) is 3.43. The van der Waals surface area contributed by atoms with Crippen LogP contribution in [0.25, 0.3) is 0 Å². The van der Waals surface area contributed by atoms with Gasteiger partial charge in [0.25, 0.3) is 10.0 Å². The van der Waals surface area contributed by atoms with E-state index in [2.05, 4.69) is 15.4 Å². The third kappa shape index (κ3) is 4.05. The Labute approximate surface area is 142 Å². The molecule has 0 heterocycles. The van der Waals surface area contributed by atoms with E-state index in [0.717, 1.165) is 5.56 Å².